The van der Waals surface area contributed by atoms with Gasteiger partial charge in [-0.3, -0.25) is 4.79 Å². The van der Waals surface area contributed by atoms with Gasteiger partial charge in [0.25, 0.3) is 0 Å². The third-order valence-corrected chi connectivity index (χ3v) is 4.35. The van der Waals surface area contributed by atoms with Gasteiger partial charge in [-0.25, -0.2) is 4.98 Å². The van der Waals surface area contributed by atoms with Gasteiger partial charge in [0.05, 0.1) is 11.0 Å². The molecule has 1 saturated heterocycles. The lowest BCUT2D eigenvalue weighted by molar-refractivity contribution is -0.136. The van der Waals surface area contributed by atoms with Gasteiger partial charge < -0.3 is 20.4 Å². The molecule has 6 heteroatoms. The smallest absolute Gasteiger partial charge is 0.248 e. The molecule has 1 amide bonds. The molecule has 3 N–H and O–H groups in total. The van der Waals surface area contributed by atoms with Crippen molar-refractivity contribution in [1.29, 1.82) is 0 Å². The summed E-state index contributed by atoms with van der Waals surface area (Å²) in [7, 11) is 0. The predicted molar refractivity (Wildman–Crippen MR) is 88.9 cm³/mol. The van der Waals surface area contributed by atoms with Crippen LogP contribution in [0.2, 0.25) is 0 Å². The average Bonchev–Trinajstić information content (AvgIpc) is 2.82. The molecule has 0 bridgehead atoms. The van der Waals surface area contributed by atoms with Crippen molar-refractivity contribution < 1.29 is 9.53 Å². The molecule has 0 radical (unpaired) electrons. The molecule has 0 unspecified atom stereocenters. The highest BCUT2D eigenvalue weighted by Crippen LogP contribution is 2.16. The fourth-order valence-electron chi connectivity index (χ4n) is 2.99. The van der Waals surface area contributed by atoms with Crippen molar-refractivity contribution in [2.24, 2.45) is 5.73 Å². The number of amides is 1. The van der Waals surface area contributed by atoms with Gasteiger partial charge in [0, 0.05) is 19.1 Å². The van der Waals surface area contributed by atoms with Crippen LogP contribution >= 0.6 is 0 Å². The van der Waals surface area contributed by atoms with Crippen molar-refractivity contribution in [2.45, 2.75) is 38.8 Å². The lowest BCUT2D eigenvalue weighted by Crippen LogP contribution is -2.35. The highest BCUT2D eigenvalue weighted by molar-refractivity contribution is 5.78. The van der Waals surface area contributed by atoms with Crippen LogP contribution < -0.4 is 5.73 Å². The number of hydrogen-bond acceptors (Lipinski definition) is 4. The van der Waals surface area contributed by atoms with E-state index in [-0.39, 0.29) is 18.6 Å². The Kier molecular flexibility index (Phi) is 4.93. The summed E-state index contributed by atoms with van der Waals surface area (Å²) in [5.74, 6) is 0.784. The maximum Gasteiger partial charge on any atom is 0.248 e. The van der Waals surface area contributed by atoms with Gasteiger partial charge in [-0.1, -0.05) is 12.1 Å². The third kappa shape index (κ3) is 3.89. The van der Waals surface area contributed by atoms with E-state index in [1.807, 2.05) is 30.0 Å². The number of para-hydroxylation sites is 1. The minimum atomic E-state index is 0.0337. The van der Waals surface area contributed by atoms with Crippen molar-refractivity contribution in [3.63, 3.8) is 0 Å². The number of ether oxygens (including phenoxy) is 1. The first-order chi connectivity index (χ1) is 11.1. The molecule has 2 aromatic rings. The lowest BCUT2D eigenvalue weighted by Gasteiger charge is -2.20. The van der Waals surface area contributed by atoms with Gasteiger partial charge in [-0.2, -0.15) is 0 Å². The molecule has 23 heavy (non-hydrogen) atoms. The lowest BCUT2D eigenvalue weighted by atomic mass is 10.1. The quantitative estimate of drug-likeness (QED) is 0.899. The maximum absolute atomic E-state index is 12.2. The van der Waals surface area contributed by atoms with E-state index in [2.05, 4.69) is 9.97 Å². The summed E-state index contributed by atoms with van der Waals surface area (Å²) in [5, 5.41) is 0. The Morgan fingerprint density at radius 1 is 1.43 bits per heavy atom. The van der Waals surface area contributed by atoms with Gasteiger partial charge >= 0.3 is 0 Å². The molecule has 0 aliphatic carbocycles. The average molecular weight is 316 g/mol. The number of carbonyl (C=O) groups is 1. The first-order valence-corrected chi connectivity index (χ1v) is 8.19. The molecular weight excluding hydrogens is 292 g/mol. The van der Waals surface area contributed by atoms with Crippen LogP contribution in [0.25, 0.3) is 11.0 Å². The van der Waals surface area contributed by atoms with Crippen LogP contribution in [0, 0.1) is 6.92 Å². The molecule has 1 aromatic carbocycles. The minimum absolute atomic E-state index is 0.0337. The van der Waals surface area contributed by atoms with Crippen LogP contribution in [0.4, 0.5) is 0 Å². The number of aromatic nitrogens is 2. The number of nitrogens with zero attached hydrogens (tertiary/aromatic N) is 2. The Bertz CT molecular complexity index is 682. The molecular formula is C17H24N4O2. The molecule has 1 aliphatic rings. The summed E-state index contributed by atoms with van der Waals surface area (Å²) in [6.07, 6.45) is 2.83. The van der Waals surface area contributed by atoms with Crippen molar-refractivity contribution in [3.8, 4) is 0 Å². The number of rotatable bonds is 4. The number of likely N-dealkylation sites (tertiary alicyclic amines) is 1. The van der Waals surface area contributed by atoms with Gasteiger partial charge in [0.1, 0.15) is 19.0 Å². The Labute approximate surface area is 136 Å². The summed E-state index contributed by atoms with van der Waals surface area (Å²) >= 11 is 0. The number of carbonyl (C=O) groups excluding carboxylic acids is 1. The first kappa shape index (κ1) is 16.0. The molecule has 0 saturated carbocycles. The second-order valence-electron chi connectivity index (χ2n) is 6.22. The molecule has 3 rings (SSSR count). The van der Waals surface area contributed by atoms with Crippen LogP contribution in [0.5, 0.6) is 0 Å². The molecule has 1 atom stereocenters. The van der Waals surface area contributed by atoms with Crippen molar-refractivity contribution in [2.75, 3.05) is 19.7 Å². The van der Waals surface area contributed by atoms with E-state index in [4.69, 9.17) is 10.5 Å². The van der Waals surface area contributed by atoms with Gasteiger partial charge in [0.15, 0.2) is 0 Å². The van der Waals surface area contributed by atoms with E-state index in [1.165, 1.54) is 0 Å². The van der Waals surface area contributed by atoms with Crippen LogP contribution in [-0.2, 0) is 16.1 Å². The molecule has 2 heterocycles. The van der Waals surface area contributed by atoms with E-state index in [0.29, 0.717) is 6.61 Å². The Hall–Kier alpha value is -1.92. The number of nitrogens with two attached hydrogens (primary N) is 1. The molecule has 1 aromatic heterocycles. The second-order valence-corrected chi connectivity index (χ2v) is 6.22. The zero-order valence-electron chi connectivity index (χ0n) is 13.5. The third-order valence-electron chi connectivity index (χ3n) is 4.35. The van der Waals surface area contributed by atoms with Crippen LogP contribution in [0.1, 0.15) is 30.7 Å². The van der Waals surface area contributed by atoms with E-state index < -0.39 is 0 Å². The van der Waals surface area contributed by atoms with Crippen LogP contribution in [0.15, 0.2) is 18.2 Å². The molecule has 124 valence electrons. The Morgan fingerprint density at radius 2 is 2.30 bits per heavy atom. The highest BCUT2D eigenvalue weighted by atomic mass is 16.5. The topological polar surface area (TPSA) is 84.2 Å². The molecule has 1 fully saturated rings. The van der Waals surface area contributed by atoms with Crippen molar-refractivity contribution in [1.82, 2.24) is 14.9 Å². The molecule has 6 nitrogen and oxygen atoms in total. The summed E-state index contributed by atoms with van der Waals surface area (Å²) in [6, 6.07) is 6.23. The van der Waals surface area contributed by atoms with Gasteiger partial charge in [-0.15, -0.1) is 0 Å². The summed E-state index contributed by atoms with van der Waals surface area (Å²) in [4.78, 5) is 21.8. The largest absolute Gasteiger partial charge is 0.364 e. The zero-order valence-corrected chi connectivity index (χ0v) is 13.5. The Morgan fingerprint density at radius 3 is 3.13 bits per heavy atom. The van der Waals surface area contributed by atoms with Crippen molar-refractivity contribution >= 4 is 16.9 Å². The van der Waals surface area contributed by atoms with Gasteiger partial charge in [-0.05, 0) is 37.8 Å². The maximum atomic E-state index is 12.2. The number of imidazole rings is 1. The number of hydrogen-bond donors (Lipinski definition) is 2. The predicted octanol–water partition coefficient (Wildman–Crippen LogP) is 1.73. The van der Waals surface area contributed by atoms with Crippen LogP contribution in [0.3, 0.4) is 0 Å². The fraction of sp³-hybridized carbons (Fsp3) is 0.529. The van der Waals surface area contributed by atoms with Crippen molar-refractivity contribution in [3.05, 3.63) is 29.6 Å². The fourth-order valence-corrected chi connectivity index (χ4v) is 2.99. The van der Waals surface area contributed by atoms with Crippen LogP contribution in [-0.4, -0.2) is 46.5 Å². The first-order valence-electron chi connectivity index (χ1n) is 8.19. The highest BCUT2D eigenvalue weighted by Gasteiger charge is 2.18. The normalized spacial score (nSPS) is 19.0. The number of aryl methyl sites for hydroxylation is 1. The monoisotopic (exact) mass is 316 g/mol. The standard InChI is InChI=1S/C17H24N4O2/c1-12-4-2-6-14-17(12)20-15(19-14)10-23-11-16(22)21-8-3-5-13(18)7-9-21/h2,4,6,13H,3,5,7-11,18H2,1H3,(H,19,20)/t13-/m1/s1. The SMILES string of the molecule is Cc1cccc2[nH]c(COCC(=O)N3CCC[C@@H](N)CC3)nc12. The number of aromatic amines is 1. The zero-order chi connectivity index (χ0) is 16.2. The summed E-state index contributed by atoms with van der Waals surface area (Å²) in [6.45, 7) is 3.94. The van der Waals surface area contributed by atoms with Gasteiger partial charge in [0.2, 0.25) is 5.91 Å². The van der Waals surface area contributed by atoms with E-state index in [1.54, 1.807) is 0 Å². The number of H-pyrrole nitrogens is 1. The number of benzene rings is 1. The second kappa shape index (κ2) is 7.10. The summed E-state index contributed by atoms with van der Waals surface area (Å²) < 4.78 is 5.56. The minimum Gasteiger partial charge on any atom is -0.364 e. The van der Waals surface area contributed by atoms with E-state index >= 15 is 0 Å². The molecule has 1 aliphatic heterocycles. The van der Waals surface area contributed by atoms with E-state index in [0.717, 1.165) is 54.8 Å². The van der Waals surface area contributed by atoms with E-state index in [9.17, 15) is 4.79 Å². The molecule has 0 spiro atoms. The summed E-state index contributed by atoms with van der Waals surface area (Å²) in [5.41, 5.74) is 9.02. The number of fused-ring (bicyclic) bond motifs is 1. The Balaban J connectivity index is 1.52. The number of nitrogens with one attached hydrogen (secondary N) is 1.